The van der Waals surface area contributed by atoms with Crippen LogP contribution in [-0.4, -0.2) is 52.4 Å². The second-order valence-electron chi connectivity index (χ2n) is 8.38. The van der Waals surface area contributed by atoms with Crippen molar-refractivity contribution in [2.24, 2.45) is 11.1 Å². The first-order chi connectivity index (χ1) is 12.6. The van der Waals surface area contributed by atoms with Gasteiger partial charge in [0.2, 0.25) is 0 Å². The van der Waals surface area contributed by atoms with Gasteiger partial charge < -0.3 is 20.9 Å². The van der Waals surface area contributed by atoms with E-state index in [9.17, 15) is 14.0 Å². The summed E-state index contributed by atoms with van der Waals surface area (Å²) in [5.41, 5.74) is 5.95. The minimum Gasteiger partial charge on any atom is -0.366 e. The third-order valence-corrected chi connectivity index (χ3v) is 4.65. The summed E-state index contributed by atoms with van der Waals surface area (Å²) in [5, 5.41) is 2.97. The molecule has 2 aromatic rings. The van der Waals surface area contributed by atoms with Gasteiger partial charge in [-0.25, -0.2) is 9.37 Å². The monoisotopic (exact) mass is 375 g/mol. The highest BCUT2D eigenvalue weighted by molar-refractivity contribution is 6.05. The largest absolute Gasteiger partial charge is 0.366 e. The number of halogens is 1. The van der Waals surface area contributed by atoms with Crippen molar-refractivity contribution in [1.29, 1.82) is 0 Å². The van der Waals surface area contributed by atoms with E-state index < -0.39 is 11.7 Å². The minimum absolute atomic E-state index is 0.0456. The summed E-state index contributed by atoms with van der Waals surface area (Å²) >= 11 is 0. The number of rotatable bonds is 4. The van der Waals surface area contributed by atoms with Crippen LogP contribution in [0.2, 0.25) is 0 Å². The molecule has 1 aromatic carbocycles. The summed E-state index contributed by atoms with van der Waals surface area (Å²) in [7, 11) is 0. The van der Waals surface area contributed by atoms with Gasteiger partial charge >= 0.3 is 0 Å². The van der Waals surface area contributed by atoms with Crippen LogP contribution in [-0.2, 0) is 0 Å². The number of carbonyl (C=O) groups is 2. The number of hydrogen-bond acceptors (Lipinski definition) is 4. The summed E-state index contributed by atoms with van der Waals surface area (Å²) in [6.45, 7) is 9.53. The maximum atomic E-state index is 13.6. The molecule has 27 heavy (non-hydrogen) atoms. The lowest BCUT2D eigenvalue weighted by atomic mass is 9.94. The van der Waals surface area contributed by atoms with E-state index in [0.717, 1.165) is 38.5 Å². The van der Waals surface area contributed by atoms with Crippen LogP contribution < -0.4 is 11.1 Å². The molecule has 1 aliphatic heterocycles. The van der Waals surface area contributed by atoms with Gasteiger partial charge in [0.1, 0.15) is 11.3 Å². The van der Waals surface area contributed by atoms with Crippen molar-refractivity contribution in [2.75, 3.05) is 19.6 Å². The van der Waals surface area contributed by atoms with E-state index >= 15 is 0 Å². The van der Waals surface area contributed by atoms with Crippen molar-refractivity contribution < 1.29 is 14.0 Å². The lowest BCUT2D eigenvalue weighted by Crippen LogP contribution is -2.46. The molecule has 0 atom stereocenters. The predicted molar refractivity (Wildman–Crippen MR) is 101 cm³/mol. The molecule has 0 aliphatic carbocycles. The highest BCUT2D eigenvalue weighted by Crippen LogP contribution is 2.21. The fourth-order valence-corrected chi connectivity index (χ4v) is 3.54. The number of imidazole rings is 1. The number of piperidine rings is 1. The Hall–Kier alpha value is -2.48. The van der Waals surface area contributed by atoms with Crippen LogP contribution >= 0.6 is 0 Å². The molecule has 0 bridgehead atoms. The van der Waals surface area contributed by atoms with Gasteiger partial charge in [-0.2, -0.15) is 0 Å². The summed E-state index contributed by atoms with van der Waals surface area (Å²) in [5.74, 6) is -1.71. The molecule has 0 spiro atoms. The van der Waals surface area contributed by atoms with Gasteiger partial charge in [0.15, 0.2) is 5.82 Å². The van der Waals surface area contributed by atoms with Crippen molar-refractivity contribution in [3.8, 4) is 0 Å². The van der Waals surface area contributed by atoms with E-state index in [1.54, 1.807) is 0 Å². The lowest BCUT2D eigenvalue weighted by molar-refractivity contribution is 0.0886. The molecule has 3 rings (SSSR count). The van der Waals surface area contributed by atoms with E-state index in [-0.39, 0.29) is 39.8 Å². The number of primary amides is 1. The number of likely N-dealkylation sites (tertiary alicyclic amines) is 1. The summed E-state index contributed by atoms with van der Waals surface area (Å²) in [6.07, 6.45) is 1.73. The number of aromatic nitrogens is 2. The van der Waals surface area contributed by atoms with E-state index in [2.05, 4.69) is 41.0 Å². The van der Waals surface area contributed by atoms with Gasteiger partial charge in [-0.15, -0.1) is 0 Å². The van der Waals surface area contributed by atoms with Crippen LogP contribution in [0.4, 0.5) is 4.39 Å². The number of hydrogen-bond donors (Lipinski definition) is 3. The Labute approximate surface area is 157 Å². The smallest absolute Gasteiger partial charge is 0.287 e. The van der Waals surface area contributed by atoms with Crippen LogP contribution in [0.5, 0.6) is 0 Å². The van der Waals surface area contributed by atoms with E-state index in [0.29, 0.717) is 0 Å². The molecule has 2 heterocycles. The Morgan fingerprint density at radius 1 is 1.33 bits per heavy atom. The number of H-pyrrole nitrogens is 1. The van der Waals surface area contributed by atoms with Gasteiger partial charge in [-0.3, -0.25) is 9.59 Å². The second-order valence-corrected chi connectivity index (χ2v) is 8.38. The highest BCUT2D eigenvalue weighted by Gasteiger charge is 2.25. The van der Waals surface area contributed by atoms with E-state index in [4.69, 9.17) is 5.73 Å². The molecule has 1 aliphatic rings. The molecule has 7 nitrogen and oxygen atoms in total. The maximum absolute atomic E-state index is 13.6. The molecule has 4 N–H and O–H groups in total. The Kier molecular flexibility index (Phi) is 5.19. The SMILES string of the molecule is CC(C)(C)CN1CCC(NC(=O)c2nc3c(C(N)=O)cc(F)cc3[nH]2)CC1. The molecular weight excluding hydrogens is 349 g/mol. The first kappa shape index (κ1) is 19.3. The topological polar surface area (TPSA) is 104 Å². The number of nitrogens with zero attached hydrogens (tertiary/aromatic N) is 2. The van der Waals surface area contributed by atoms with Gasteiger partial charge in [0, 0.05) is 25.7 Å². The molecule has 146 valence electrons. The lowest BCUT2D eigenvalue weighted by Gasteiger charge is -2.36. The van der Waals surface area contributed by atoms with Crippen molar-refractivity contribution in [2.45, 2.75) is 39.7 Å². The first-order valence-electron chi connectivity index (χ1n) is 9.15. The van der Waals surface area contributed by atoms with Crippen LogP contribution in [0.15, 0.2) is 12.1 Å². The fraction of sp³-hybridized carbons (Fsp3) is 0.526. The maximum Gasteiger partial charge on any atom is 0.287 e. The van der Waals surface area contributed by atoms with Crippen LogP contribution in [0.3, 0.4) is 0 Å². The summed E-state index contributed by atoms with van der Waals surface area (Å²) in [4.78, 5) is 33.4. The van der Waals surface area contributed by atoms with E-state index in [1.165, 1.54) is 6.07 Å². The van der Waals surface area contributed by atoms with Crippen molar-refractivity contribution in [3.63, 3.8) is 0 Å². The number of aromatic amines is 1. The Morgan fingerprint density at radius 2 is 2.00 bits per heavy atom. The molecule has 1 aromatic heterocycles. The van der Waals surface area contributed by atoms with Gasteiger partial charge in [0.05, 0.1) is 11.1 Å². The number of fused-ring (bicyclic) bond motifs is 1. The summed E-state index contributed by atoms with van der Waals surface area (Å²) < 4.78 is 13.6. The predicted octanol–water partition coefficient (Wildman–Crippen LogP) is 2.04. The highest BCUT2D eigenvalue weighted by atomic mass is 19.1. The molecule has 1 fully saturated rings. The number of amides is 2. The molecule has 1 saturated heterocycles. The van der Waals surface area contributed by atoms with Crippen molar-refractivity contribution >= 4 is 22.8 Å². The standard InChI is InChI=1S/C19H26FN5O2/c1-19(2,3)10-25-6-4-12(5-7-25)22-18(27)17-23-14-9-11(20)8-13(16(21)26)15(14)24-17/h8-9,12H,4-7,10H2,1-3H3,(H2,21,26)(H,22,27)(H,23,24). The minimum atomic E-state index is -0.788. The number of benzene rings is 1. The second kappa shape index (κ2) is 7.26. The average Bonchev–Trinajstić information content (AvgIpc) is 2.98. The Balaban J connectivity index is 1.67. The number of nitrogens with two attached hydrogens (primary N) is 1. The molecule has 2 amide bonds. The Bertz CT molecular complexity index is 863. The van der Waals surface area contributed by atoms with Crippen molar-refractivity contribution in [1.82, 2.24) is 20.2 Å². The molecule has 8 heteroatoms. The third kappa shape index (κ3) is 4.63. The zero-order valence-corrected chi connectivity index (χ0v) is 15.9. The van der Waals surface area contributed by atoms with Gasteiger partial charge in [0.25, 0.3) is 11.8 Å². The number of carbonyl (C=O) groups excluding carboxylic acids is 2. The normalized spacial score (nSPS) is 16.6. The summed E-state index contributed by atoms with van der Waals surface area (Å²) in [6, 6.07) is 2.28. The van der Waals surface area contributed by atoms with Crippen molar-refractivity contribution in [3.05, 3.63) is 29.3 Å². The van der Waals surface area contributed by atoms with Gasteiger partial charge in [-0.05, 0) is 30.4 Å². The van der Waals surface area contributed by atoms with E-state index in [1.807, 2.05) is 0 Å². The van der Waals surface area contributed by atoms with Crippen LogP contribution in [0.1, 0.15) is 54.6 Å². The Morgan fingerprint density at radius 3 is 2.59 bits per heavy atom. The molecule has 0 saturated carbocycles. The zero-order chi connectivity index (χ0) is 19.8. The molecule has 0 radical (unpaired) electrons. The zero-order valence-electron chi connectivity index (χ0n) is 15.9. The van der Waals surface area contributed by atoms with Gasteiger partial charge in [-0.1, -0.05) is 20.8 Å². The fourth-order valence-electron chi connectivity index (χ4n) is 3.54. The first-order valence-corrected chi connectivity index (χ1v) is 9.15. The van der Waals surface area contributed by atoms with Crippen LogP contribution in [0, 0.1) is 11.2 Å². The molecular formula is C19H26FN5O2. The third-order valence-electron chi connectivity index (χ3n) is 4.65. The van der Waals surface area contributed by atoms with Crippen LogP contribution in [0.25, 0.3) is 11.0 Å². The number of nitrogens with one attached hydrogen (secondary N) is 2. The average molecular weight is 375 g/mol. The molecule has 0 unspecified atom stereocenters. The quantitative estimate of drug-likeness (QED) is 0.761.